The molecule has 0 aromatic heterocycles. The first-order chi connectivity index (χ1) is 36.5. The fourth-order valence-corrected chi connectivity index (χ4v) is 10.3. The van der Waals surface area contributed by atoms with Crippen LogP contribution in [0.1, 0.15) is 361 Å². The highest BCUT2D eigenvalue weighted by Gasteiger charge is 2.20. The molecular weight excluding hydrogens is 911 g/mol. The number of rotatable bonds is 62. The minimum Gasteiger partial charge on any atom is -0.466 e. The van der Waals surface area contributed by atoms with Gasteiger partial charge in [0.2, 0.25) is 5.91 Å². The van der Waals surface area contributed by atoms with Crippen molar-refractivity contribution in [2.75, 3.05) is 13.2 Å². The molecule has 0 aliphatic carbocycles. The summed E-state index contributed by atoms with van der Waals surface area (Å²) >= 11 is 0. The second-order valence-electron chi connectivity index (χ2n) is 22.8. The number of carbonyl (C=O) groups is 2. The molecule has 0 aromatic rings. The first-order valence-electron chi connectivity index (χ1n) is 33.2. The summed E-state index contributed by atoms with van der Waals surface area (Å²) in [7, 11) is 0. The predicted octanol–water partition coefficient (Wildman–Crippen LogP) is 21.1. The number of allylic oxidation sites excluding steroid dienone is 6. The highest BCUT2D eigenvalue weighted by atomic mass is 16.5. The van der Waals surface area contributed by atoms with Gasteiger partial charge in [0.15, 0.2) is 0 Å². The molecule has 0 saturated heterocycles. The van der Waals surface area contributed by atoms with Crippen LogP contribution >= 0.6 is 0 Å². The number of aliphatic hydroxyl groups excluding tert-OH is 2. The van der Waals surface area contributed by atoms with Gasteiger partial charge in [-0.25, -0.2) is 0 Å². The van der Waals surface area contributed by atoms with Crippen LogP contribution in [-0.2, 0) is 14.3 Å². The molecule has 0 bridgehead atoms. The molecule has 1 amide bonds. The van der Waals surface area contributed by atoms with Crippen LogP contribution in [-0.4, -0.2) is 47.4 Å². The van der Waals surface area contributed by atoms with Crippen molar-refractivity contribution in [3.8, 4) is 0 Å². The molecule has 2 unspecified atom stereocenters. The molecule has 2 atom stereocenters. The summed E-state index contributed by atoms with van der Waals surface area (Å²) in [4.78, 5) is 24.6. The van der Waals surface area contributed by atoms with Crippen LogP contribution < -0.4 is 5.32 Å². The van der Waals surface area contributed by atoms with Gasteiger partial charge in [0.25, 0.3) is 0 Å². The third-order valence-corrected chi connectivity index (χ3v) is 15.4. The second kappa shape index (κ2) is 63.6. The molecule has 0 aliphatic rings. The van der Waals surface area contributed by atoms with Gasteiger partial charge in [0.1, 0.15) is 0 Å². The Morgan fingerprint density at radius 2 is 0.676 bits per heavy atom. The fourth-order valence-electron chi connectivity index (χ4n) is 10.3. The molecule has 0 aliphatic heterocycles. The Morgan fingerprint density at radius 1 is 0.378 bits per heavy atom. The van der Waals surface area contributed by atoms with Crippen LogP contribution in [0.25, 0.3) is 0 Å². The first-order valence-corrected chi connectivity index (χ1v) is 33.2. The lowest BCUT2D eigenvalue weighted by molar-refractivity contribution is -0.143. The molecule has 0 fully saturated rings. The molecule has 0 radical (unpaired) electrons. The van der Waals surface area contributed by atoms with E-state index in [1.165, 1.54) is 263 Å². The number of hydrogen-bond donors (Lipinski definition) is 3. The average molecular weight is 1040 g/mol. The zero-order valence-electron chi connectivity index (χ0n) is 49.8. The molecular formula is C68H129NO5. The van der Waals surface area contributed by atoms with Gasteiger partial charge in [0, 0.05) is 12.8 Å². The van der Waals surface area contributed by atoms with E-state index in [2.05, 4.69) is 55.6 Å². The number of carbonyl (C=O) groups excluding carboxylic acids is 2. The van der Waals surface area contributed by atoms with E-state index in [4.69, 9.17) is 4.74 Å². The largest absolute Gasteiger partial charge is 0.466 e. The summed E-state index contributed by atoms with van der Waals surface area (Å²) in [5.41, 5.74) is 0. The van der Waals surface area contributed by atoms with Gasteiger partial charge in [0.05, 0.1) is 25.4 Å². The Bertz CT molecular complexity index is 1200. The van der Waals surface area contributed by atoms with E-state index in [1.54, 1.807) is 0 Å². The summed E-state index contributed by atoms with van der Waals surface area (Å²) in [5.74, 6) is -0.0527. The smallest absolute Gasteiger partial charge is 0.305 e. The van der Waals surface area contributed by atoms with Gasteiger partial charge in [-0.05, 0) is 83.5 Å². The summed E-state index contributed by atoms with van der Waals surface area (Å²) in [6.07, 6.45) is 80.2. The van der Waals surface area contributed by atoms with Crippen LogP contribution in [0.15, 0.2) is 36.5 Å². The van der Waals surface area contributed by atoms with Gasteiger partial charge in [-0.15, -0.1) is 0 Å². The van der Waals surface area contributed by atoms with E-state index in [-0.39, 0.29) is 18.5 Å². The molecule has 436 valence electrons. The summed E-state index contributed by atoms with van der Waals surface area (Å²) in [5, 5.41) is 23.4. The van der Waals surface area contributed by atoms with Crippen LogP contribution in [0.3, 0.4) is 0 Å². The number of aliphatic hydroxyl groups is 2. The van der Waals surface area contributed by atoms with Gasteiger partial charge >= 0.3 is 5.97 Å². The van der Waals surface area contributed by atoms with Gasteiger partial charge in [-0.3, -0.25) is 9.59 Å². The average Bonchev–Trinajstić information content (AvgIpc) is 3.40. The lowest BCUT2D eigenvalue weighted by Gasteiger charge is -2.22. The molecule has 6 heteroatoms. The van der Waals surface area contributed by atoms with Gasteiger partial charge < -0.3 is 20.3 Å². The van der Waals surface area contributed by atoms with Crippen LogP contribution in [0, 0.1) is 0 Å². The standard InChI is InChI=1S/C68H129NO5/c1-3-5-7-9-11-13-15-17-19-21-22-23-24-25-26-29-32-36-40-44-48-52-56-60-66(71)65(64-70)69-67(72)61-57-53-49-45-41-37-33-30-27-31-35-39-43-47-51-55-59-63-74-68(73)62-58-54-50-46-42-38-34-28-20-18-16-14-12-10-8-6-4-2/h12,14,18,20,27,31,65-66,70-71H,3-11,13,15-17,19,21-26,28-30,32-64H2,1-2H3,(H,69,72)/b14-12-,20-18-,31-27-. The molecule has 6 nitrogen and oxygen atoms in total. The zero-order valence-corrected chi connectivity index (χ0v) is 49.8. The van der Waals surface area contributed by atoms with Crippen LogP contribution in [0.4, 0.5) is 0 Å². The third kappa shape index (κ3) is 59.3. The number of ether oxygens (including phenoxy) is 1. The molecule has 0 aromatic carbocycles. The van der Waals surface area contributed by atoms with Crippen molar-refractivity contribution < 1.29 is 24.5 Å². The van der Waals surface area contributed by atoms with Crippen LogP contribution in [0.2, 0.25) is 0 Å². The maximum atomic E-state index is 12.5. The molecule has 3 N–H and O–H groups in total. The summed E-state index contributed by atoms with van der Waals surface area (Å²) in [6.45, 7) is 4.93. The zero-order chi connectivity index (χ0) is 53.6. The molecule has 0 rings (SSSR count). The summed E-state index contributed by atoms with van der Waals surface area (Å²) in [6, 6.07) is -0.553. The Kier molecular flexibility index (Phi) is 62.0. The molecule has 0 spiro atoms. The van der Waals surface area contributed by atoms with E-state index in [1.807, 2.05) is 0 Å². The number of amides is 1. The van der Waals surface area contributed by atoms with Crippen molar-refractivity contribution in [1.82, 2.24) is 5.32 Å². The van der Waals surface area contributed by atoms with E-state index >= 15 is 0 Å². The van der Waals surface area contributed by atoms with Crippen molar-refractivity contribution in [3.63, 3.8) is 0 Å². The fraction of sp³-hybridized carbons (Fsp3) is 0.882. The Balaban J connectivity index is 3.45. The topological polar surface area (TPSA) is 95.9 Å². The normalized spacial score (nSPS) is 12.8. The van der Waals surface area contributed by atoms with E-state index in [9.17, 15) is 19.8 Å². The Hall–Kier alpha value is -1.92. The van der Waals surface area contributed by atoms with E-state index in [0.717, 1.165) is 64.2 Å². The minimum atomic E-state index is -0.674. The molecule has 0 saturated carbocycles. The lowest BCUT2D eigenvalue weighted by atomic mass is 10.0. The number of nitrogens with one attached hydrogen (secondary N) is 1. The highest BCUT2D eigenvalue weighted by Crippen LogP contribution is 2.18. The lowest BCUT2D eigenvalue weighted by Crippen LogP contribution is -2.45. The maximum Gasteiger partial charge on any atom is 0.305 e. The van der Waals surface area contributed by atoms with Crippen molar-refractivity contribution in [1.29, 1.82) is 0 Å². The second-order valence-corrected chi connectivity index (χ2v) is 22.8. The SMILES string of the molecule is CCCCC/C=C\C/C=C\CCCCCCCCCC(=O)OCCCCCCCC/C=C\CCCCCCCCCC(=O)NC(CO)C(O)CCCCCCCCCCCCCCCCCCCCCCCCC. The van der Waals surface area contributed by atoms with Gasteiger partial charge in [-0.1, -0.05) is 301 Å². The number of unbranched alkanes of at least 4 members (excludes halogenated alkanes) is 45. The van der Waals surface area contributed by atoms with Crippen molar-refractivity contribution in [2.45, 2.75) is 373 Å². The highest BCUT2D eigenvalue weighted by molar-refractivity contribution is 5.76. The van der Waals surface area contributed by atoms with Crippen molar-refractivity contribution in [2.24, 2.45) is 0 Å². The monoisotopic (exact) mass is 1040 g/mol. The number of esters is 1. The van der Waals surface area contributed by atoms with E-state index in [0.29, 0.717) is 25.9 Å². The summed E-state index contributed by atoms with van der Waals surface area (Å²) < 4.78 is 5.48. The predicted molar refractivity (Wildman–Crippen MR) is 324 cm³/mol. The van der Waals surface area contributed by atoms with Crippen molar-refractivity contribution >= 4 is 11.9 Å². The Labute approximate surface area is 462 Å². The Morgan fingerprint density at radius 3 is 1.07 bits per heavy atom. The van der Waals surface area contributed by atoms with Crippen molar-refractivity contribution in [3.05, 3.63) is 36.5 Å². The first kappa shape index (κ1) is 72.1. The quantitative estimate of drug-likeness (QED) is 0.0320. The minimum absolute atomic E-state index is 0.00886. The van der Waals surface area contributed by atoms with E-state index < -0.39 is 12.1 Å². The molecule has 74 heavy (non-hydrogen) atoms. The van der Waals surface area contributed by atoms with Gasteiger partial charge in [-0.2, -0.15) is 0 Å². The number of hydrogen-bond acceptors (Lipinski definition) is 5. The molecule has 0 heterocycles. The third-order valence-electron chi connectivity index (χ3n) is 15.4. The van der Waals surface area contributed by atoms with Crippen LogP contribution in [0.5, 0.6) is 0 Å². The maximum absolute atomic E-state index is 12.5.